The maximum absolute atomic E-state index is 14.4. The third-order valence-corrected chi connectivity index (χ3v) is 5.20. The lowest BCUT2D eigenvalue weighted by atomic mass is 10.0. The van der Waals surface area contributed by atoms with E-state index in [1.165, 1.54) is 25.3 Å². The molecule has 2 amide bonds. The number of methoxy groups -OCH3 is 1. The number of nitrogens with zero attached hydrogens (tertiary/aromatic N) is 2. The highest BCUT2D eigenvalue weighted by Crippen LogP contribution is 2.39. The van der Waals surface area contributed by atoms with E-state index in [9.17, 15) is 14.0 Å². The summed E-state index contributed by atoms with van der Waals surface area (Å²) in [5.41, 5.74) is 1.12. The lowest BCUT2D eigenvalue weighted by molar-refractivity contribution is -0.120. The zero-order valence-electron chi connectivity index (χ0n) is 15.7. The molecule has 0 aliphatic carbocycles. The van der Waals surface area contributed by atoms with E-state index in [1.807, 2.05) is 4.90 Å². The zero-order valence-corrected chi connectivity index (χ0v) is 15.7. The van der Waals surface area contributed by atoms with Crippen LogP contribution in [0.2, 0.25) is 0 Å². The van der Waals surface area contributed by atoms with Crippen molar-refractivity contribution in [1.29, 1.82) is 0 Å². The van der Waals surface area contributed by atoms with E-state index in [-0.39, 0.29) is 11.3 Å². The molecule has 0 bridgehead atoms. The van der Waals surface area contributed by atoms with Crippen LogP contribution in [0.15, 0.2) is 54.2 Å². The molecule has 0 saturated carbocycles. The Morgan fingerprint density at radius 2 is 1.57 bits per heavy atom. The number of rotatable bonds is 4. The molecule has 0 radical (unpaired) electrons. The molecule has 2 aromatic rings. The number of carbonyl (C=O) groups is 2. The third kappa shape index (κ3) is 2.95. The van der Waals surface area contributed by atoms with E-state index in [2.05, 4.69) is 0 Å². The Kier molecular flexibility index (Phi) is 4.86. The lowest BCUT2D eigenvalue weighted by Gasteiger charge is -2.29. The summed E-state index contributed by atoms with van der Waals surface area (Å²) in [6, 6.07) is 12.9. The number of carbonyl (C=O) groups excluding carboxylic acids is 2. The number of ether oxygens (including phenoxy) is 1. The van der Waals surface area contributed by atoms with Crippen LogP contribution >= 0.6 is 0 Å². The number of amides is 2. The van der Waals surface area contributed by atoms with Crippen LogP contribution in [-0.4, -0.2) is 36.9 Å². The number of benzene rings is 2. The van der Waals surface area contributed by atoms with Crippen LogP contribution in [0.4, 0.5) is 10.1 Å². The van der Waals surface area contributed by atoms with Gasteiger partial charge in [-0.15, -0.1) is 0 Å². The van der Waals surface area contributed by atoms with Crippen LogP contribution in [-0.2, 0) is 9.59 Å². The van der Waals surface area contributed by atoms with Gasteiger partial charge < -0.3 is 9.64 Å². The maximum Gasteiger partial charge on any atom is 0.282 e. The van der Waals surface area contributed by atoms with Gasteiger partial charge in [0.1, 0.15) is 17.3 Å². The second-order valence-corrected chi connectivity index (χ2v) is 6.87. The summed E-state index contributed by atoms with van der Waals surface area (Å²) in [6.07, 6.45) is 2.99. The Morgan fingerprint density at radius 3 is 2.29 bits per heavy atom. The molecule has 5 nitrogen and oxygen atoms in total. The predicted molar refractivity (Wildman–Crippen MR) is 104 cm³/mol. The summed E-state index contributed by atoms with van der Waals surface area (Å²) >= 11 is 0. The van der Waals surface area contributed by atoms with E-state index in [0.717, 1.165) is 24.2 Å². The van der Waals surface area contributed by atoms with Crippen LogP contribution in [0.5, 0.6) is 5.75 Å². The molecule has 2 aliphatic rings. The minimum atomic E-state index is -0.608. The molecule has 0 spiro atoms. The molecule has 2 aliphatic heterocycles. The summed E-state index contributed by atoms with van der Waals surface area (Å²) in [6.45, 7) is 1.39. The van der Waals surface area contributed by atoms with Crippen molar-refractivity contribution in [1.82, 2.24) is 4.90 Å². The van der Waals surface area contributed by atoms with Gasteiger partial charge in [0, 0.05) is 18.7 Å². The normalized spacial score (nSPS) is 17.5. The second-order valence-electron chi connectivity index (χ2n) is 6.87. The van der Waals surface area contributed by atoms with Gasteiger partial charge in [-0.05, 0) is 37.5 Å². The van der Waals surface area contributed by atoms with Gasteiger partial charge >= 0.3 is 0 Å². The summed E-state index contributed by atoms with van der Waals surface area (Å²) in [5, 5.41) is 0. The quantitative estimate of drug-likeness (QED) is 0.761. The van der Waals surface area contributed by atoms with Gasteiger partial charge in [-0.1, -0.05) is 30.3 Å². The van der Waals surface area contributed by atoms with Crippen LogP contribution in [0.25, 0.3) is 5.57 Å². The van der Waals surface area contributed by atoms with E-state index >= 15 is 0 Å². The number of anilines is 1. The first-order valence-electron chi connectivity index (χ1n) is 9.39. The standard InChI is InChI=1S/C22H21FN2O3/c1-28-18-12-6-3-9-15(18)19-20(24-13-7-2-8-14-24)22(27)25(21(19)26)17-11-5-4-10-16(17)23/h3-6,9-12H,2,7-8,13-14H2,1H3. The summed E-state index contributed by atoms with van der Waals surface area (Å²) in [7, 11) is 1.52. The molecular formula is C22H21FN2O3. The van der Waals surface area contributed by atoms with Crippen molar-refractivity contribution in [3.8, 4) is 5.75 Å². The van der Waals surface area contributed by atoms with Crippen LogP contribution < -0.4 is 9.64 Å². The topological polar surface area (TPSA) is 49.9 Å². The Balaban J connectivity index is 1.89. The van der Waals surface area contributed by atoms with Crippen LogP contribution in [0.1, 0.15) is 24.8 Å². The Morgan fingerprint density at radius 1 is 0.893 bits per heavy atom. The molecule has 0 unspecified atom stereocenters. The third-order valence-electron chi connectivity index (χ3n) is 5.20. The molecule has 0 N–H and O–H groups in total. The Hall–Kier alpha value is -3.15. The van der Waals surface area contributed by atoms with Gasteiger partial charge in [0.2, 0.25) is 0 Å². The number of hydrogen-bond donors (Lipinski definition) is 0. The van der Waals surface area contributed by atoms with Gasteiger partial charge in [-0.25, -0.2) is 9.29 Å². The average molecular weight is 380 g/mol. The molecule has 2 aromatic carbocycles. The van der Waals surface area contributed by atoms with Gasteiger partial charge in [-0.2, -0.15) is 0 Å². The molecule has 1 fully saturated rings. The fraction of sp³-hybridized carbons (Fsp3) is 0.273. The Labute approximate surface area is 163 Å². The zero-order chi connectivity index (χ0) is 19.7. The molecule has 0 aromatic heterocycles. The van der Waals surface area contributed by atoms with Crippen LogP contribution in [0.3, 0.4) is 0 Å². The first-order valence-corrected chi connectivity index (χ1v) is 9.39. The van der Waals surface area contributed by atoms with E-state index in [0.29, 0.717) is 30.1 Å². The van der Waals surface area contributed by atoms with E-state index in [4.69, 9.17) is 4.74 Å². The number of para-hydroxylation sites is 2. The summed E-state index contributed by atoms with van der Waals surface area (Å²) in [4.78, 5) is 29.6. The fourth-order valence-corrected chi connectivity index (χ4v) is 3.87. The molecule has 144 valence electrons. The molecule has 0 atom stereocenters. The number of piperidine rings is 1. The molecule has 1 saturated heterocycles. The lowest BCUT2D eigenvalue weighted by Crippen LogP contribution is -2.37. The molecule has 2 heterocycles. The minimum absolute atomic E-state index is 0.0306. The van der Waals surface area contributed by atoms with Gasteiger partial charge in [0.15, 0.2) is 0 Å². The van der Waals surface area contributed by atoms with Crippen molar-refractivity contribution in [2.75, 3.05) is 25.1 Å². The summed E-state index contributed by atoms with van der Waals surface area (Å²) < 4.78 is 19.9. The van der Waals surface area contributed by atoms with Crippen molar-refractivity contribution >= 4 is 23.1 Å². The van der Waals surface area contributed by atoms with Gasteiger partial charge in [-0.3, -0.25) is 9.59 Å². The molecular weight excluding hydrogens is 359 g/mol. The monoisotopic (exact) mass is 380 g/mol. The SMILES string of the molecule is COc1ccccc1C1=C(N2CCCCC2)C(=O)N(c2ccccc2F)C1=O. The predicted octanol–water partition coefficient (Wildman–Crippen LogP) is 3.60. The fourth-order valence-electron chi connectivity index (χ4n) is 3.87. The van der Waals surface area contributed by atoms with Crippen molar-refractivity contribution < 1.29 is 18.7 Å². The minimum Gasteiger partial charge on any atom is -0.496 e. The van der Waals surface area contributed by atoms with Gasteiger partial charge in [0.05, 0.1) is 18.4 Å². The molecule has 6 heteroatoms. The largest absolute Gasteiger partial charge is 0.496 e. The first-order chi connectivity index (χ1) is 13.6. The second kappa shape index (κ2) is 7.46. The van der Waals surface area contributed by atoms with Crippen LogP contribution in [0, 0.1) is 5.82 Å². The Bertz CT molecular complexity index is 964. The van der Waals surface area contributed by atoms with E-state index < -0.39 is 17.6 Å². The van der Waals surface area contributed by atoms with Crippen molar-refractivity contribution in [2.45, 2.75) is 19.3 Å². The first kappa shape index (κ1) is 18.2. The maximum atomic E-state index is 14.4. The molecule has 4 rings (SSSR count). The highest BCUT2D eigenvalue weighted by Gasteiger charge is 2.44. The van der Waals surface area contributed by atoms with Crippen molar-refractivity contribution in [3.63, 3.8) is 0 Å². The number of hydrogen-bond acceptors (Lipinski definition) is 4. The van der Waals surface area contributed by atoms with Crippen molar-refractivity contribution in [3.05, 3.63) is 65.6 Å². The van der Waals surface area contributed by atoms with Gasteiger partial charge in [0.25, 0.3) is 11.8 Å². The smallest absolute Gasteiger partial charge is 0.282 e. The number of halogens is 1. The number of imide groups is 1. The summed E-state index contributed by atoms with van der Waals surface area (Å²) in [5.74, 6) is -1.12. The highest BCUT2D eigenvalue weighted by molar-refractivity contribution is 6.45. The number of likely N-dealkylation sites (tertiary alicyclic amines) is 1. The average Bonchev–Trinajstić information content (AvgIpc) is 2.99. The van der Waals surface area contributed by atoms with E-state index in [1.54, 1.807) is 30.3 Å². The van der Waals surface area contributed by atoms with Crippen molar-refractivity contribution in [2.24, 2.45) is 0 Å². The highest BCUT2D eigenvalue weighted by atomic mass is 19.1. The molecule has 28 heavy (non-hydrogen) atoms.